The van der Waals surface area contributed by atoms with Crippen LogP contribution >= 0.6 is 0 Å². The molecule has 126 valence electrons. The van der Waals surface area contributed by atoms with Crippen molar-refractivity contribution in [2.45, 2.75) is 57.6 Å². The fourth-order valence-corrected chi connectivity index (χ4v) is 3.26. The number of unbranched alkanes of at least 4 members (excludes halogenated alkanes) is 4. The minimum atomic E-state index is -2.98. The molecule has 0 atom stereocenters. The molecule has 1 aromatic carbocycles. The third-order valence-corrected chi connectivity index (χ3v) is 5.97. The first-order valence-corrected chi connectivity index (χ1v) is 9.30. The lowest BCUT2D eigenvalue weighted by Crippen LogP contribution is -2.17. The second kappa shape index (κ2) is 8.56. The Kier molecular flexibility index (Phi) is 7.39. The van der Waals surface area contributed by atoms with Crippen LogP contribution in [0.3, 0.4) is 0 Å². The van der Waals surface area contributed by atoms with Crippen molar-refractivity contribution in [1.29, 1.82) is 0 Å². The smallest absolute Gasteiger partial charge is 0.152 e. The zero-order chi connectivity index (χ0) is 16.8. The van der Waals surface area contributed by atoms with Gasteiger partial charge in [-0.15, -0.1) is 0 Å². The summed E-state index contributed by atoms with van der Waals surface area (Å²) in [5.74, 6) is -2.42. The molecule has 1 aromatic rings. The van der Waals surface area contributed by atoms with Crippen LogP contribution in [0.1, 0.15) is 51.5 Å². The summed E-state index contributed by atoms with van der Waals surface area (Å²) in [5, 5.41) is -0.350. The average molecular weight is 336 g/mol. The molecule has 6 heteroatoms. The van der Waals surface area contributed by atoms with Gasteiger partial charge in [-0.1, -0.05) is 19.3 Å². The molecular weight excluding hydrogens is 313 g/mol. The third kappa shape index (κ3) is 5.99. The number of hydrogen-bond donors (Lipinski definition) is 0. The van der Waals surface area contributed by atoms with Crippen LogP contribution in [-0.2, 0) is 16.3 Å². The van der Waals surface area contributed by atoms with Gasteiger partial charge >= 0.3 is 0 Å². The van der Waals surface area contributed by atoms with Crippen molar-refractivity contribution in [3.05, 3.63) is 35.1 Å². The van der Waals surface area contributed by atoms with E-state index in [1.54, 1.807) is 13.8 Å². The van der Waals surface area contributed by atoms with E-state index in [1.807, 2.05) is 0 Å². The van der Waals surface area contributed by atoms with Gasteiger partial charge in [0, 0.05) is 17.7 Å². The Hall–Kier alpha value is -1.04. The lowest BCUT2D eigenvalue weighted by molar-refractivity contribution is 0.514. The van der Waals surface area contributed by atoms with Gasteiger partial charge in [-0.2, -0.15) is 0 Å². The van der Waals surface area contributed by atoms with E-state index < -0.39 is 27.3 Å². The van der Waals surface area contributed by atoms with Crippen LogP contribution in [0.25, 0.3) is 0 Å². The van der Waals surface area contributed by atoms with Crippen molar-refractivity contribution in [1.82, 2.24) is 0 Å². The van der Waals surface area contributed by atoms with Gasteiger partial charge in [0.15, 0.2) is 9.84 Å². The van der Waals surface area contributed by atoms with Crippen LogP contribution in [0.5, 0.6) is 0 Å². The zero-order valence-electron chi connectivity index (χ0n) is 13.0. The van der Waals surface area contributed by atoms with Gasteiger partial charge in [0.1, 0.15) is 17.5 Å². The van der Waals surface area contributed by atoms with E-state index in [4.69, 9.17) is 0 Å². The molecule has 0 bridgehead atoms. The van der Waals surface area contributed by atoms with Gasteiger partial charge < -0.3 is 0 Å². The maximum atomic E-state index is 13.4. The van der Waals surface area contributed by atoms with Gasteiger partial charge in [0.2, 0.25) is 0 Å². The maximum absolute atomic E-state index is 13.4. The summed E-state index contributed by atoms with van der Waals surface area (Å²) in [6.07, 6.45) is 3.79. The summed E-state index contributed by atoms with van der Waals surface area (Å²) in [5.41, 5.74) is -0.0798. The quantitative estimate of drug-likeness (QED) is 0.626. The van der Waals surface area contributed by atoms with Crippen LogP contribution in [-0.4, -0.2) is 19.4 Å². The highest BCUT2D eigenvalue weighted by Gasteiger charge is 2.15. The Morgan fingerprint density at radius 3 is 1.95 bits per heavy atom. The molecular formula is C16H23F3O2S. The van der Waals surface area contributed by atoms with E-state index in [9.17, 15) is 21.6 Å². The molecule has 0 aliphatic carbocycles. The van der Waals surface area contributed by atoms with Gasteiger partial charge in [-0.05, 0) is 33.1 Å². The molecule has 0 unspecified atom stereocenters. The van der Waals surface area contributed by atoms with Crippen LogP contribution in [0.15, 0.2) is 12.1 Å². The second-order valence-electron chi connectivity index (χ2n) is 5.78. The van der Waals surface area contributed by atoms with E-state index in [0.29, 0.717) is 25.0 Å². The Bertz CT molecular complexity index is 560. The summed E-state index contributed by atoms with van der Waals surface area (Å²) in [4.78, 5) is 0. The van der Waals surface area contributed by atoms with E-state index in [2.05, 4.69) is 0 Å². The molecule has 0 heterocycles. The Labute approximate surface area is 130 Å². The predicted molar refractivity (Wildman–Crippen MR) is 82.0 cm³/mol. The third-order valence-electron chi connectivity index (χ3n) is 3.68. The van der Waals surface area contributed by atoms with Gasteiger partial charge in [-0.25, -0.2) is 21.6 Å². The first-order chi connectivity index (χ1) is 10.2. The van der Waals surface area contributed by atoms with Crippen LogP contribution in [0.4, 0.5) is 13.2 Å². The molecule has 0 radical (unpaired) electrons. The summed E-state index contributed by atoms with van der Waals surface area (Å²) < 4.78 is 62.7. The van der Waals surface area contributed by atoms with Gasteiger partial charge in [-0.3, -0.25) is 0 Å². The van der Waals surface area contributed by atoms with E-state index in [0.717, 1.165) is 19.3 Å². The maximum Gasteiger partial charge on any atom is 0.152 e. The number of sulfone groups is 1. The molecule has 0 amide bonds. The molecule has 0 saturated carbocycles. The topological polar surface area (TPSA) is 34.1 Å². The molecule has 0 saturated heterocycles. The number of halogens is 3. The predicted octanol–water partition coefficient (Wildman–Crippen LogP) is 4.42. The minimum absolute atomic E-state index is 0.0798. The molecule has 0 fully saturated rings. The average Bonchev–Trinajstić information content (AvgIpc) is 2.39. The normalized spacial score (nSPS) is 12.1. The number of hydrogen-bond acceptors (Lipinski definition) is 2. The fraction of sp³-hybridized carbons (Fsp3) is 0.625. The van der Waals surface area contributed by atoms with Gasteiger partial charge in [0.25, 0.3) is 0 Å². The van der Waals surface area contributed by atoms with Crippen LogP contribution in [0.2, 0.25) is 0 Å². The summed E-state index contributed by atoms with van der Waals surface area (Å²) in [6, 6.07) is 1.38. The molecule has 0 aliphatic heterocycles. The monoisotopic (exact) mass is 336 g/mol. The van der Waals surface area contributed by atoms with Crippen molar-refractivity contribution in [3.63, 3.8) is 0 Å². The number of benzene rings is 1. The fourth-order valence-electron chi connectivity index (χ4n) is 2.18. The van der Waals surface area contributed by atoms with Crippen LogP contribution < -0.4 is 0 Å². The second-order valence-corrected chi connectivity index (χ2v) is 8.46. The van der Waals surface area contributed by atoms with Gasteiger partial charge in [0.05, 0.1) is 11.0 Å². The highest BCUT2D eigenvalue weighted by atomic mass is 32.2. The van der Waals surface area contributed by atoms with Crippen molar-refractivity contribution in [3.8, 4) is 0 Å². The SMILES string of the molecule is CC(C)S(=O)(=O)CCCCCCCc1c(F)cc(F)cc1F. The first kappa shape index (κ1) is 19.0. The standard InChI is InChI=1S/C16H23F3O2S/c1-12(2)22(20,21)9-7-5-3-4-6-8-14-15(18)10-13(17)11-16(14)19/h10-12H,3-9H2,1-2H3. The van der Waals surface area contributed by atoms with Crippen molar-refractivity contribution >= 4 is 9.84 Å². The Balaban J connectivity index is 2.25. The lowest BCUT2D eigenvalue weighted by Gasteiger charge is -2.07. The van der Waals surface area contributed by atoms with E-state index in [-0.39, 0.29) is 23.0 Å². The number of rotatable bonds is 9. The summed E-state index contributed by atoms with van der Waals surface area (Å²) in [7, 11) is -2.98. The molecule has 0 spiro atoms. The minimum Gasteiger partial charge on any atom is -0.229 e. The van der Waals surface area contributed by atoms with Crippen molar-refractivity contribution in [2.24, 2.45) is 0 Å². The van der Waals surface area contributed by atoms with E-state index >= 15 is 0 Å². The lowest BCUT2D eigenvalue weighted by atomic mass is 10.0. The summed E-state index contributed by atoms with van der Waals surface area (Å²) in [6.45, 7) is 3.34. The zero-order valence-corrected chi connectivity index (χ0v) is 13.9. The molecule has 2 nitrogen and oxygen atoms in total. The highest BCUT2D eigenvalue weighted by Crippen LogP contribution is 2.18. The van der Waals surface area contributed by atoms with E-state index in [1.165, 1.54) is 0 Å². The molecule has 0 aromatic heterocycles. The Morgan fingerprint density at radius 1 is 0.909 bits per heavy atom. The van der Waals surface area contributed by atoms with Crippen molar-refractivity contribution in [2.75, 3.05) is 5.75 Å². The Morgan fingerprint density at radius 2 is 1.41 bits per heavy atom. The molecule has 1 rings (SSSR count). The van der Waals surface area contributed by atoms with Crippen molar-refractivity contribution < 1.29 is 21.6 Å². The molecule has 22 heavy (non-hydrogen) atoms. The first-order valence-electron chi connectivity index (χ1n) is 7.59. The highest BCUT2D eigenvalue weighted by molar-refractivity contribution is 7.91. The largest absolute Gasteiger partial charge is 0.229 e. The van der Waals surface area contributed by atoms with Crippen LogP contribution in [0, 0.1) is 17.5 Å². The molecule has 0 aliphatic rings. The summed E-state index contributed by atoms with van der Waals surface area (Å²) >= 11 is 0. The molecule has 0 N–H and O–H groups in total.